The van der Waals surface area contributed by atoms with Gasteiger partial charge in [0.1, 0.15) is 5.82 Å². The summed E-state index contributed by atoms with van der Waals surface area (Å²) >= 11 is 6.02. The number of rotatable bonds is 4. The standard InChI is InChI=1S/C18H16ClFN2O2/c1-11(12-6-3-2-4-7-12)21-18(23)16-10-15(22-24-16)17-13(19)8-5-9-14(17)20/h2-9,11,16H,10H2,1H3,(H,21,23). The van der Waals surface area contributed by atoms with Crippen molar-refractivity contribution in [3.05, 3.63) is 70.5 Å². The lowest BCUT2D eigenvalue weighted by Gasteiger charge is -2.16. The lowest BCUT2D eigenvalue weighted by Crippen LogP contribution is -2.36. The van der Waals surface area contributed by atoms with Crippen molar-refractivity contribution in [1.82, 2.24) is 5.32 Å². The van der Waals surface area contributed by atoms with Gasteiger partial charge in [-0.3, -0.25) is 4.79 Å². The molecule has 2 unspecified atom stereocenters. The van der Waals surface area contributed by atoms with Crippen molar-refractivity contribution in [2.75, 3.05) is 0 Å². The number of nitrogens with one attached hydrogen (secondary N) is 1. The molecule has 1 aliphatic rings. The van der Waals surface area contributed by atoms with E-state index >= 15 is 0 Å². The summed E-state index contributed by atoms with van der Waals surface area (Å²) in [5.41, 5.74) is 1.51. The highest BCUT2D eigenvalue weighted by molar-refractivity contribution is 6.34. The van der Waals surface area contributed by atoms with E-state index in [-0.39, 0.29) is 29.0 Å². The Morgan fingerprint density at radius 2 is 2.04 bits per heavy atom. The van der Waals surface area contributed by atoms with Crippen LogP contribution in [0.1, 0.15) is 30.5 Å². The molecule has 2 aromatic carbocycles. The largest absolute Gasteiger partial charge is 0.382 e. The molecule has 2 aromatic rings. The molecule has 1 amide bonds. The fourth-order valence-corrected chi connectivity index (χ4v) is 2.84. The molecule has 3 rings (SSSR count). The number of hydrogen-bond donors (Lipinski definition) is 1. The fourth-order valence-electron chi connectivity index (χ4n) is 2.57. The third kappa shape index (κ3) is 3.41. The van der Waals surface area contributed by atoms with Crippen molar-refractivity contribution >= 4 is 23.2 Å². The maximum Gasteiger partial charge on any atom is 0.264 e. The highest BCUT2D eigenvalue weighted by Crippen LogP contribution is 2.26. The van der Waals surface area contributed by atoms with Crippen molar-refractivity contribution in [3.63, 3.8) is 0 Å². The molecule has 0 fully saturated rings. The van der Waals surface area contributed by atoms with Gasteiger partial charge in [0.25, 0.3) is 5.91 Å². The molecule has 4 nitrogen and oxygen atoms in total. The summed E-state index contributed by atoms with van der Waals surface area (Å²) < 4.78 is 13.9. The van der Waals surface area contributed by atoms with Gasteiger partial charge in [0.05, 0.1) is 22.3 Å². The normalized spacial score (nSPS) is 17.8. The van der Waals surface area contributed by atoms with E-state index in [1.54, 1.807) is 6.07 Å². The van der Waals surface area contributed by atoms with Crippen molar-refractivity contribution in [2.24, 2.45) is 5.16 Å². The summed E-state index contributed by atoms with van der Waals surface area (Å²) in [7, 11) is 0. The van der Waals surface area contributed by atoms with Crippen LogP contribution in [0.15, 0.2) is 53.7 Å². The predicted molar refractivity (Wildman–Crippen MR) is 90.4 cm³/mol. The molecule has 1 aliphatic heterocycles. The Morgan fingerprint density at radius 3 is 2.75 bits per heavy atom. The van der Waals surface area contributed by atoms with Crippen molar-refractivity contribution in [1.29, 1.82) is 0 Å². The molecule has 124 valence electrons. The zero-order valence-electron chi connectivity index (χ0n) is 13.0. The first-order valence-corrected chi connectivity index (χ1v) is 7.96. The Kier molecular flexibility index (Phi) is 4.81. The Hall–Kier alpha value is -2.40. The van der Waals surface area contributed by atoms with Crippen LogP contribution in [0.2, 0.25) is 5.02 Å². The maximum atomic E-state index is 13.9. The first kappa shape index (κ1) is 16.5. The zero-order chi connectivity index (χ0) is 17.1. The zero-order valence-corrected chi connectivity index (χ0v) is 13.8. The average molecular weight is 347 g/mol. The fraction of sp³-hybridized carbons (Fsp3) is 0.222. The number of benzene rings is 2. The minimum absolute atomic E-state index is 0.164. The first-order valence-electron chi connectivity index (χ1n) is 7.58. The van der Waals surface area contributed by atoms with E-state index < -0.39 is 11.9 Å². The summed E-state index contributed by atoms with van der Waals surface area (Å²) in [6, 6.07) is 13.8. The molecule has 0 radical (unpaired) electrons. The summed E-state index contributed by atoms with van der Waals surface area (Å²) in [5.74, 6) is -0.777. The van der Waals surface area contributed by atoms with E-state index in [1.807, 2.05) is 37.3 Å². The highest BCUT2D eigenvalue weighted by Gasteiger charge is 2.31. The van der Waals surface area contributed by atoms with E-state index in [1.165, 1.54) is 12.1 Å². The summed E-state index contributed by atoms with van der Waals surface area (Å²) in [5, 5.41) is 6.96. The molecular formula is C18H16ClFN2O2. The summed E-state index contributed by atoms with van der Waals surface area (Å²) in [6.07, 6.45) is -0.615. The number of oxime groups is 1. The number of amides is 1. The summed E-state index contributed by atoms with van der Waals surface area (Å²) in [6.45, 7) is 1.89. The van der Waals surface area contributed by atoms with E-state index in [4.69, 9.17) is 16.4 Å². The first-order chi connectivity index (χ1) is 11.6. The lowest BCUT2D eigenvalue weighted by atomic mass is 10.0. The van der Waals surface area contributed by atoms with Crippen molar-refractivity contribution < 1.29 is 14.0 Å². The molecule has 1 N–H and O–H groups in total. The van der Waals surface area contributed by atoms with Gasteiger partial charge in [0.2, 0.25) is 6.10 Å². The van der Waals surface area contributed by atoms with Crippen LogP contribution in [0.25, 0.3) is 0 Å². The van der Waals surface area contributed by atoms with Gasteiger partial charge in [0.15, 0.2) is 0 Å². The van der Waals surface area contributed by atoms with Crippen LogP contribution < -0.4 is 5.32 Å². The minimum Gasteiger partial charge on any atom is -0.382 e. The average Bonchev–Trinajstić information content (AvgIpc) is 3.05. The monoisotopic (exact) mass is 346 g/mol. The van der Waals surface area contributed by atoms with Gasteiger partial charge in [-0.1, -0.05) is 53.2 Å². The van der Waals surface area contributed by atoms with Crippen molar-refractivity contribution in [2.45, 2.75) is 25.5 Å². The van der Waals surface area contributed by atoms with Crippen LogP contribution in [-0.4, -0.2) is 17.7 Å². The SMILES string of the molecule is CC(NC(=O)C1CC(c2c(F)cccc2Cl)=NO1)c1ccccc1. The van der Waals surface area contributed by atoms with E-state index in [0.29, 0.717) is 5.71 Å². The van der Waals surface area contributed by atoms with Gasteiger partial charge in [-0.05, 0) is 24.6 Å². The quantitative estimate of drug-likeness (QED) is 0.914. The Labute approximate surface area is 144 Å². The predicted octanol–water partition coefficient (Wildman–Crippen LogP) is 3.85. The molecule has 1 heterocycles. The Balaban J connectivity index is 1.65. The lowest BCUT2D eigenvalue weighted by molar-refractivity contribution is -0.131. The third-order valence-electron chi connectivity index (χ3n) is 3.87. The van der Waals surface area contributed by atoms with Crippen LogP contribution in [0.5, 0.6) is 0 Å². The molecule has 0 aromatic heterocycles. The molecule has 0 aliphatic carbocycles. The number of carbonyl (C=O) groups is 1. The van der Waals surface area contributed by atoms with Gasteiger partial charge >= 0.3 is 0 Å². The highest BCUT2D eigenvalue weighted by atomic mass is 35.5. The number of hydrogen-bond acceptors (Lipinski definition) is 3. The van der Waals surface area contributed by atoms with Crippen LogP contribution >= 0.6 is 11.6 Å². The Morgan fingerprint density at radius 1 is 1.29 bits per heavy atom. The molecule has 24 heavy (non-hydrogen) atoms. The number of halogens is 2. The van der Waals surface area contributed by atoms with E-state index in [0.717, 1.165) is 5.56 Å². The van der Waals surface area contributed by atoms with Crippen LogP contribution in [-0.2, 0) is 9.63 Å². The maximum absolute atomic E-state index is 13.9. The molecule has 6 heteroatoms. The second-order valence-electron chi connectivity index (χ2n) is 5.57. The molecular weight excluding hydrogens is 331 g/mol. The van der Waals surface area contributed by atoms with Gasteiger partial charge in [0, 0.05) is 6.42 Å². The van der Waals surface area contributed by atoms with Crippen LogP contribution in [0, 0.1) is 5.82 Å². The minimum atomic E-state index is -0.790. The molecule has 0 saturated heterocycles. The van der Waals surface area contributed by atoms with Gasteiger partial charge < -0.3 is 10.2 Å². The number of carbonyl (C=O) groups excluding carboxylic acids is 1. The van der Waals surface area contributed by atoms with Crippen LogP contribution in [0.3, 0.4) is 0 Å². The number of nitrogens with zero attached hydrogens (tertiary/aromatic N) is 1. The smallest absolute Gasteiger partial charge is 0.264 e. The topological polar surface area (TPSA) is 50.7 Å². The van der Waals surface area contributed by atoms with Gasteiger partial charge in [-0.2, -0.15) is 0 Å². The molecule has 0 saturated carbocycles. The molecule has 0 spiro atoms. The van der Waals surface area contributed by atoms with Gasteiger partial charge in [-0.25, -0.2) is 4.39 Å². The second-order valence-corrected chi connectivity index (χ2v) is 5.98. The third-order valence-corrected chi connectivity index (χ3v) is 4.19. The van der Waals surface area contributed by atoms with Crippen molar-refractivity contribution in [3.8, 4) is 0 Å². The summed E-state index contributed by atoms with van der Waals surface area (Å²) in [4.78, 5) is 17.5. The van der Waals surface area contributed by atoms with E-state index in [9.17, 15) is 9.18 Å². The Bertz CT molecular complexity index is 760. The molecule has 2 atom stereocenters. The van der Waals surface area contributed by atoms with Gasteiger partial charge in [-0.15, -0.1) is 0 Å². The van der Waals surface area contributed by atoms with Crippen LogP contribution in [0.4, 0.5) is 4.39 Å². The second kappa shape index (κ2) is 7.01. The van der Waals surface area contributed by atoms with E-state index in [2.05, 4.69) is 10.5 Å². The molecule has 0 bridgehead atoms.